The zero-order chi connectivity index (χ0) is 49.0. The first kappa shape index (κ1) is 56.8. The lowest BCUT2D eigenvalue weighted by molar-refractivity contribution is -0.146. The van der Waals surface area contributed by atoms with E-state index in [2.05, 4.69) is 5.32 Å². The Hall–Kier alpha value is -6.16. The van der Waals surface area contributed by atoms with E-state index in [1.807, 2.05) is 6.92 Å². The van der Waals surface area contributed by atoms with Gasteiger partial charge in [0.05, 0.1) is 71.5 Å². The monoisotopic (exact) mass is 896 g/mol. The van der Waals surface area contributed by atoms with Crippen molar-refractivity contribution in [2.45, 2.75) is 46.6 Å². The third-order valence-corrected chi connectivity index (χ3v) is 9.83. The molecule has 1 N–H and O–H groups in total. The van der Waals surface area contributed by atoms with Crippen molar-refractivity contribution in [3.05, 3.63) is 0 Å². The molecule has 0 saturated carbocycles. The SMILES string of the molecule is CCCC(=O)N(C)CC(=O)N(C)CC(=O)N(C)CC(=O)N(C)CC(=O)N(C)CC(=O)N(C)CC(=O)N(C)CC(=O)N(C)CC(=O)N(C)CC(=O)N(C)CC(=O)N[C@@H](C)C(=O)C(C)C. The number of hydrogen-bond donors (Lipinski definition) is 1. The summed E-state index contributed by atoms with van der Waals surface area (Å²) in [5.41, 5.74) is 0. The van der Waals surface area contributed by atoms with Crippen molar-refractivity contribution >= 4 is 70.8 Å². The molecule has 1 atom stereocenters. The van der Waals surface area contributed by atoms with E-state index in [-0.39, 0.29) is 43.7 Å². The van der Waals surface area contributed by atoms with Crippen molar-refractivity contribution in [2.24, 2.45) is 5.92 Å². The van der Waals surface area contributed by atoms with Crippen LogP contribution in [0.25, 0.3) is 0 Å². The number of rotatable bonds is 25. The molecule has 63 heavy (non-hydrogen) atoms. The average Bonchev–Trinajstić information content (AvgIpc) is 3.19. The lowest BCUT2D eigenvalue weighted by Crippen LogP contribution is -2.49. The number of hydrogen-bond acceptors (Lipinski definition) is 12. The molecule has 0 heterocycles. The molecule has 0 radical (unpaired) electrons. The Morgan fingerprint density at radius 3 is 0.714 bits per heavy atom. The Labute approximate surface area is 370 Å². The van der Waals surface area contributed by atoms with Crippen LogP contribution in [0.2, 0.25) is 0 Å². The van der Waals surface area contributed by atoms with Gasteiger partial charge < -0.3 is 54.3 Å². The largest absolute Gasteiger partial charge is 0.345 e. The minimum atomic E-state index is -0.730. The standard InChI is InChI=1S/C40H69N11O12/c1-15-16-30(53)43(6)18-32(55)45(8)20-34(57)47(10)22-36(59)49(12)24-38(61)51(14)26-39(62)50(13)25-37(60)48(11)23-35(58)46(9)21-33(56)44(7)19-31(54)42(5)17-29(52)41-28(4)40(63)27(2)3/h27-28H,15-26H2,1-14H3,(H,41,52)/t28-/m0/s1. The van der Waals surface area contributed by atoms with Gasteiger partial charge in [0.25, 0.3) is 0 Å². The van der Waals surface area contributed by atoms with Gasteiger partial charge in [0.2, 0.25) is 65.0 Å². The van der Waals surface area contributed by atoms with E-state index >= 15 is 0 Å². The van der Waals surface area contributed by atoms with E-state index in [0.29, 0.717) is 6.42 Å². The molecule has 0 aromatic heterocycles. The van der Waals surface area contributed by atoms with Crippen LogP contribution in [0.1, 0.15) is 40.5 Å². The van der Waals surface area contributed by atoms with Crippen molar-refractivity contribution in [3.8, 4) is 0 Å². The summed E-state index contributed by atoms with van der Waals surface area (Å²) in [5.74, 6) is -6.44. The summed E-state index contributed by atoms with van der Waals surface area (Å²) >= 11 is 0. The first-order chi connectivity index (χ1) is 29.0. The number of carbonyl (C=O) groups excluding carboxylic acids is 12. The second kappa shape index (κ2) is 27.0. The molecule has 356 valence electrons. The minimum Gasteiger partial charge on any atom is -0.345 e. The van der Waals surface area contributed by atoms with Crippen LogP contribution >= 0.6 is 0 Å². The van der Waals surface area contributed by atoms with Crippen LogP contribution in [-0.2, 0) is 57.5 Å². The Kier molecular flexibility index (Phi) is 24.4. The van der Waals surface area contributed by atoms with Gasteiger partial charge in [-0.2, -0.15) is 0 Å². The quantitative estimate of drug-likeness (QED) is 0.0925. The topological polar surface area (TPSA) is 249 Å². The molecule has 23 nitrogen and oxygen atoms in total. The van der Waals surface area contributed by atoms with E-state index in [9.17, 15) is 57.5 Å². The molecule has 0 aliphatic rings. The second-order valence-corrected chi connectivity index (χ2v) is 16.1. The second-order valence-electron chi connectivity index (χ2n) is 16.1. The molecule has 0 aliphatic carbocycles. The van der Waals surface area contributed by atoms with Crippen LogP contribution in [0.5, 0.6) is 0 Å². The van der Waals surface area contributed by atoms with E-state index in [1.54, 1.807) is 20.8 Å². The van der Waals surface area contributed by atoms with Gasteiger partial charge in [-0.1, -0.05) is 20.8 Å². The van der Waals surface area contributed by atoms with Gasteiger partial charge in [-0.25, -0.2) is 0 Å². The number of nitrogens with one attached hydrogen (secondary N) is 1. The highest BCUT2D eigenvalue weighted by Crippen LogP contribution is 2.03. The fraction of sp³-hybridized carbons (Fsp3) is 0.700. The fourth-order valence-electron chi connectivity index (χ4n) is 5.27. The minimum absolute atomic E-state index is 0.161. The maximum atomic E-state index is 12.9. The van der Waals surface area contributed by atoms with Crippen molar-refractivity contribution in [3.63, 3.8) is 0 Å². The Morgan fingerprint density at radius 1 is 0.333 bits per heavy atom. The third kappa shape index (κ3) is 20.5. The summed E-state index contributed by atoms with van der Waals surface area (Å²) in [7, 11) is 13.6. The molecule has 0 saturated heterocycles. The van der Waals surface area contributed by atoms with E-state index in [1.165, 1.54) is 75.4 Å². The first-order valence-corrected chi connectivity index (χ1v) is 20.3. The summed E-state index contributed by atoms with van der Waals surface area (Å²) in [6.07, 6.45) is 0.916. The molecular formula is C40H69N11O12. The first-order valence-electron chi connectivity index (χ1n) is 20.3. The van der Waals surface area contributed by atoms with Crippen molar-refractivity contribution < 1.29 is 57.5 Å². The Balaban J connectivity index is 4.91. The van der Waals surface area contributed by atoms with E-state index in [0.717, 1.165) is 44.1 Å². The molecule has 0 aromatic carbocycles. The maximum absolute atomic E-state index is 12.9. The number of nitrogens with zero attached hydrogens (tertiary/aromatic N) is 10. The van der Waals surface area contributed by atoms with Crippen molar-refractivity contribution in [1.82, 2.24) is 54.3 Å². The zero-order valence-corrected chi connectivity index (χ0v) is 39.5. The van der Waals surface area contributed by atoms with E-state index < -0.39 is 111 Å². The summed E-state index contributed by atoms with van der Waals surface area (Å²) in [4.78, 5) is 162. The Bertz CT molecular complexity index is 1710. The molecular weight excluding hydrogens is 827 g/mol. The smallest absolute Gasteiger partial charge is 0.242 e. The van der Waals surface area contributed by atoms with Crippen LogP contribution in [0.3, 0.4) is 0 Å². The third-order valence-electron chi connectivity index (χ3n) is 9.83. The predicted molar refractivity (Wildman–Crippen MR) is 229 cm³/mol. The molecule has 0 aliphatic heterocycles. The van der Waals surface area contributed by atoms with Crippen LogP contribution in [0, 0.1) is 5.92 Å². The molecule has 0 aromatic rings. The van der Waals surface area contributed by atoms with Crippen molar-refractivity contribution in [1.29, 1.82) is 0 Å². The summed E-state index contributed by atoms with van der Waals surface area (Å²) in [6, 6.07) is -0.730. The van der Waals surface area contributed by atoms with Gasteiger partial charge in [0.1, 0.15) is 0 Å². The van der Waals surface area contributed by atoms with Crippen LogP contribution in [0.4, 0.5) is 0 Å². The molecule has 0 rings (SSSR count). The normalized spacial score (nSPS) is 11.0. The highest BCUT2D eigenvalue weighted by Gasteiger charge is 2.27. The van der Waals surface area contributed by atoms with Gasteiger partial charge >= 0.3 is 0 Å². The highest BCUT2D eigenvalue weighted by atomic mass is 16.2. The van der Waals surface area contributed by atoms with Crippen LogP contribution in [-0.4, -0.2) is 262 Å². The molecule has 0 spiro atoms. The fourth-order valence-corrected chi connectivity index (χ4v) is 5.27. The average molecular weight is 896 g/mol. The number of ketones is 1. The summed E-state index contributed by atoms with van der Waals surface area (Å²) in [6.45, 7) is 2.89. The summed E-state index contributed by atoms with van der Waals surface area (Å²) in [5, 5.41) is 2.54. The number of carbonyl (C=O) groups is 12. The van der Waals surface area contributed by atoms with Gasteiger partial charge in [0, 0.05) is 82.8 Å². The maximum Gasteiger partial charge on any atom is 0.242 e. The molecule has 0 bridgehead atoms. The molecule has 0 fully saturated rings. The van der Waals surface area contributed by atoms with Gasteiger partial charge in [0.15, 0.2) is 5.78 Å². The highest BCUT2D eigenvalue weighted by molar-refractivity contribution is 5.95. The lowest BCUT2D eigenvalue weighted by Gasteiger charge is -2.27. The zero-order valence-electron chi connectivity index (χ0n) is 39.5. The van der Waals surface area contributed by atoms with Gasteiger partial charge in [-0.15, -0.1) is 0 Å². The van der Waals surface area contributed by atoms with Gasteiger partial charge in [-0.05, 0) is 13.3 Å². The number of likely N-dealkylation sites (N-methyl/N-ethyl adjacent to an activating group) is 10. The summed E-state index contributed by atoms with van der Waals surface area (Å²) < 4.78 is 0. The van der Waals surface area contributed by atoms with Gasteiger partial charge in [-0.3, -0.25) is 57.5 Å². The van der Waals surface area contributed by atoms with Crippen LogP contribution < -0.4 is 5.32 Å². The number of Topliss-reactive ketones (excluding diaryl/α,β-unsaturated/α-hetero) is 1. The molecule has 11 amide bonds. The van der Waals surface area contributed by atoms with Crippen LogP contribution in [0.15, 0.2) is 0 Å². The molecule has 23 heteroatoms. The van der Waals surface area contributed by atoms with Crippen molar-refractivity contribution in [2.75, 3.05) is 136 Å². The lowest BCUT2D eigenvalue weighted by atomic mass is 10.0. The van der Waals surface area contributed by atoms with E-state index in [4.69, 9.17) is 0 Å². The molecule has 0 unspecified atom stereocenters. The number of amides is 11. The Morgan fingerprint density at radius 2 is 0.524 bits per heavy atom. The predicted octanol–water partition coefficient (Wildman–Crippen LogP) is -3.90.